The fourth-order valence-corrected chi connectivity index (χ4v) is 2.91. The summed E-state index contributed by atoms with van der Waals surface area (Å²) in [6.45, 7) is 2.38. The van der Waals surface area contributed by atoms with Crippen molar-refractivity contribution in [3.8, 4) is 34.3 Å². The summed E-state index contributed by atoms with van der Waals surface area (Å²) in [5.41, 5.74) is 2.25. The number of hydrogen-bond acceptors (Lipinski definition) is 6. The molecule has 0 aliphatic rings. The predicted octanol–water partition coefficient (Wildman–Crippen LogP) is 4.82. The predicted molar refractivity (Wildman–Crippen MR) is 117 cm³/mol. The molecule has 0 bridgehead atoms. The summed E-state index contributed by atoms with van der Waals surface area (Å²) in [5.74, 6) is 1.90. The van der Waals surface area contributed by atoms with Crippen LogP contribution < -0.4 is 14.8 Å². The van der Waals surface area contributed by atoms with Crippen LogP contribution in [0.1, 0.15) is 6.92 Å². The van der Waals surface area contributed by atoms with Gasteiger partial charge < -0.3 is 19.3 Å². The number of ether oxygens (including phenoxy) is 2. The zero-order valence-electron chi connectivity index (χ0n) is 16.9. The molecule has 0 spiro atoms. The van der Waals surface area contributed by atoms with Gasteiger partial charge in [0.05, 0.1) is 6.61 Å². The van der Waals surface area contributed by atoms with Crippen LogP contribution in [0.4, 0.5) is 5.69 Å². The van der Waals surface area contributed by atoms with Gasteiger partial charge in [-0.3, -0.25) is 4.79 Å². The SMILES string of the molecule is CCOc1ccc(NC(=O)COc2cccc(-c3nc(-c4ccccc4)no3)c2)cc1. The van der Waals surface area contributed by atoms with E-state index in [0.717, 1.165) is 11.3 Å². The van der Waals surface area contributed by atoms with E-state index in [2.05, 4.69) is 15.5 Å². The first-order valence-electron chi connectivity index (χ1n) is 9.86. The molecule has 0 aliphatic heterocycles. The van der Waals surface area contributed by atoms with Gasteiger partial charge in [-0.2, -0.15) is 4.98 Å². The molecule has 4 rings (SSSR count). The first-order chi connectivity index (χ1) is 15.2. The molecule has 4 aromatic rings. The lowest BCUT2D eigenvalue weighted by Crippen LogP contribution is -2.20. The van der Waals surface area contributed by atoms with Gasteiger partial charge in [-0.1, -0.05) is 41.6 Å². The molecule has 0 unspecified atom stereocenters. The number of carbonyl (C=O) groups is 1. The molecule has 1 N–H and O–H groups in total. The number of rotatable bonds is 8. The van der Waals surface area contributed by atoms with Gasteiger partial charge in [0.25, 0.3) is 11.8 Å². The van der Waals surface area contributed by atoms with E-state index >= 15 is 0 Å². The van der Waals surface area contributed by atoms with Crippen molar-refractivity contribution in [3.63, 3.8) is 0 Å². The van der Waals surface area contributed by atoms with E-state index < -0.39 is 0 Å². The lowest BCUT2D eigenvalue weighted by Gasteiger charge is -2.09. The van der Waals surface area contributed by atoms with Crippen LogP contribution in [0.15, 0.2) is 83.4 Å². The molecule has 3 aromatic carbocycles. The van der Waals surface area contributed by atoms with Gasteiger partial charge in [0.1, 0.15) is 11.5 Å². The topological polar surface area (TPSA) is 86.5 Å². The third-order valence-electron chi connectivity index (χ3n) is 4.36. The third kappa shape index (κ3) is 5.27. The van der Waals surface area contributed by atoms with Gasteiger partial charge in [0.15, 0.2) is 6.61 Å². The minimum atomic E-state index is -0.265. The summed E-state index contributed by atoms with van der Waals surface area (Å²) < 4.78 is 16.4. The van der Waals surface area contributed by atoms with Crippen LogP contribution in [0.5, 0.6) is 11.5 Å². The summed E-state index contributed by atoms with van der Waals surface area (Å²) in [6.07, 6.45) is 0. The number of hydrogen-bond donors (Lipinski definition) is 1. The zero-order chi connectivity index (χ0) is 21.5. The van der Waals surface area contributed by atoms with Crippen molar-refractivity contribution in [1.29, 1.82) is 0 Å². The third-order valence-corrected chi connectivity index (χ3v) is 4.36. The number of carbonyl (C=O) groups excluding carboxylic acids is 1. The molecule has 31 heavy (non-hydrogen) atoms. The summed E-state index contributed by atoms with van der Waals surface area (Å²) in [6, 6.07) is 23.9. The molecule has 156 valence electrons. The Hall–Kier alpha value is -4.13. The van der Waals surface area contributed by atoms with Crippen LogP contribution in [0, 0.1) is 0 Å². The van der Waals surface area contributed by atoms with E-state index in [9.17, 15) is 4.79 Å². The number of nitrogens with one attached hydrogen (secondary N) is 1. The van der Waals surface area contributed by atoms with Crippen LogP contribution in [0.3, 0.4) is 0 Å². The zero-order valence-corrected chi connectivity index (χ0v) is 16.9. The van der Waals surface area contributed by atoms with Crippen molar-refractivity contribution < 1.29 is 18.8 Å². The van der Waals surface area contributed by atoms with Crippen LogP contribution in [-0.4, -0.2) is 29.3 Å². The Morgan fingerprint density at radius 2 is 1.68 bits per heavy atom. The smallest absolute Gasteiger partial charge is 0.262 e. The molecule has 7 nitrogen and oxygen atoms in total. The molecule has 0 fully saturated rings. The van der Waals surface area contributed by atoms with E-state index in [1.54, 1.807) is 42.5 Å². The molecule has 1 aromatic heterocycles. The number of amides is 1. The number of aromatic nitrogens is 2. The Morgan fingerprint density at radius 1 is 0.903 bits per heavy atom. The Balaban J connectivity index is 1.36. The second-order valence-corrected chi connectivity index (χ2v) is 6.61. The van der Waals surface area contributed by atoms with Crippen LogP contribution >= 0.6 is 0 Å². The molecule has 0 saturated heterocycles. The minimum Gasteiger partial charge on any atom is -0.494 e. The van der Waals surface area contributed by atoms with Crippen molar-refractivity contribution in [2.45, 2.75) is 6.92 Å². The molecular formula is C24H21N3O4. The fraction of sp³-hybridized carbons (Fsp3) is 0.125. The van der Waals surface area contributed by atoms with E-state index in [1.807, 2.05) is 43.3 Å². The summed E-state index contributed by atoms with van der Waals surface area (Å²) in [4.78, 5) is 16.6. The number of nitrogens with zero attached hydrogens (tertiary/aromatic N) is 2. The number of anilines is 1. The van der Waals surface area contributed by atoms with Crippen molar-refractivity contribution in [3.05, 3.63) is 78.9 Å². The van der Waals surface area contributed by atoms with Gasteiger partial charge in [0, 0.05) is 16.8 Å². The molecule has 0 aliphatic carbocycles. The van der Waals surface area contributed by atoms with Gasteiger partial charge in [0.2, 0.25) is 5.82 Å². The second-order valence-electron chi connectivity index (χ2n) is 6.61. The van der Waals surface area contributed by atoms with Crippen molar-refractivity contribution in [1.82, 2.24) is 10.1 Å². The quantitative estimate of drug-likeness (QED) is 0.444. The lowest BCUT2D eigenvalue weighted by molar-refractivity contribution is -0.118. The van der Waals surface area contributed by atoms with Crippen LogP contribution in [0.25, 0.3) is 22.8 Å². The van der Waals surface area contributed by atoms with Gasteiger partial charge >= 0.3 is 0 Å². The van der Waals surface area contributed by atoms with E-state index in [1.165, 1.54) is 0 Å². The minimum absolute atomic E-state index is 0.129. The maximum absolute atomic E-state index is 12.2. The average molecular weight is 415 g/mol. The fourth-order valence-electron chi connectivity index (χ4n) is 2.91. The first-order valence-corrected chi connectivity index (χ1v) is 9.86. The van der Waals surface area contributed by atoms with E-state index in [-0.39, 0.29) is 12.5 Å². The number of benzene rings is 3. The second kappa shape index (κ2) is 9.58. The summed E-state index contributed by atoms with van der Waals surface area (Å²) >= 11 is 0. The Labute approximate surface area is 179 Å². The molecule has 1 heterocycles. The highest BCUT2D eigenvalue weighted by Crippen LogP contribution is 2.25. The largest absolute Gasteiger partial charge is 0.494 e. The molecule has 0 atom stereocenters. The maximum atomic E-state index is 12.2. The highest BCUT2D eigenvalue weighted by molar-refractivity contribution is 5.91. The lowest BCUT2D eigenvalue weighted by atomic mass is 10.2. The molecule has 0 saturated carbocycles. The van der Waals surface area contributed by atoms with E-state index in [4.69, 9.17) is 14.0 Å². The Morgan fingerprint density at radius 3 is 2.45 bits per heavy atom. The molecule has 7 heteroatoms. The average Bonchev–Trinajstić information content (AvgIpc) is 3.31. The molecular weight excluding hydrogens is 394 g/mol. The van der Waals surface area contributed by atoms with Crippen molar-refractivity contribution in [2.24, 2.45) is 0 Å². The van der Waals surface area contributed by atoms with Crippen LogP contribution in [0.2, 0.25) is 0 Å². The normalized spacial score (nSPS) is 10.5. The van der Waals surface area contributed by atoms with E-state index in [0.29, 0.717) is 35.3 Å². The Kier molecular flexibility index (Phi) is 6.23. The van der Waals surface area contributed by atoms with Crippen molar-refractivity contribution in [2.75, 3.05) is 18.5 Å². The molecule has 0 radical (unpaired) electrons. The summed E-state index contributed by atoms with van der Waals surface area (Å²) in [7, 11) is 0. The van der Waals surface area contributed by atoms with Gasteiger partial charge in [-0.25, -0.2) is 0 Å². The van der Waals surface area contributed by atoms with Crippen LogP contribution in [-0.2, 0) is 4.79 Å². The first kappa shape index (κ1) is 20.2. The molecule has 1 amide bonds. The van der Waals surface area contributed by atoms with Gasteiger partial charge in [-0.15, -0.1) is 0 Å². The standard InChI is InChI=1S/C24H21N3O4/c1-2-29-20-13-11-19(12-14-20)25-22(28)16-30-21-10-6-9-18(15-21)24-26-23(27-31-24)17-7-4-3-5-8-17/h3-15H,2,16H2,1H3,(H,25,28). The Bertz CT molecular complexity index is 1140. The highest BCUT2D eigenvalue weighted by Gasteiger charge is 2.12. The maximum Gasteiger partial charge on any atom is 0.262 e. The van der Waals surface area contributed by atoms with Crippen molar-refractivity contribution >= 4 is 11.6 Å². The highest BCUT2D eigenvalue weighted by atomic mass is 16.5. The monoisotopic (exact) mass is 415 g/mol. The summed E-state index contributed by atoms with van der Waals surface area (Å²) in [5, 5.41) is 6.82. The van der Waals surface area contributed by atoms with Gasteiger partial charge in [-0.05, 0) is 49.4 Å².